The summed E-state index contributed by atoms with van der Waals surface area (Å²) in [7, 11) is 0. The Kier molecular flexibility index (Phi) is 7.66. The van der Waals surface area contributed by atoms with Crippen LogP contribution in [0.5, 0.6) is 0 Å². The van der Waals surface area contributed by atoms with Crippen LogP contribution in [0.2, 0.25) is 0 Å². The van der Waals surface area contributed by atoms with Gasteiger partial charge in [-0.05, 0) is 12.3 Å². The van der Waals surface area contributed by atoms with E-state index in [4.69, 9.17) is 0 Å². The Morgan fingerprint density at radius 2 is 2.00 bits per heavy atom. The van der Waals surface area contributed by atoms with Gasteiger partial charge < -0.3 is 0 Å². The number of unbranched alkanes of at least 4 members (excludes halogenated alkanes) is 2. The molecule has 0 spiro atoms. The summed E-state index contributed by atoms with van der Waals surface area (Å²) >= 11 is 0. The normalized spacial score (nSPS) is 12.9. The predicted octanol–water partition coefficient (Wildman–Crippen LogP) is 4.17. The molecule has 0 N–H and O–H groups in total. The molecule has 0 aliphatic heterocycles. The minimum atomic E-state index is 0.902. The topological polar surface area (TPSA) is 0 Å². The van der Waals surface area contributed by atoms with E-state index in [1.54, 1.807) is 0 Å². The van der Waals surface area contributed by atoms with Gasteiger partial charge in [0, 0.05) is 0 Å². The Balaban J connectivity index is 3.27. The zero-order valence-electron chi connectivity index (χ0n) is 8.10. The maximum atomic E-state index is 3.78. The molecule has 0 heteroatoms. The maximum Gasteiger partial charge on any atom is -0.0325 e. The Morgan fingerprint density at radius 3 is 2.45 bits per heavy atom. The first kappa shape index (κ1) is 10.7. The summed E-state index contributed by atoms with van der Waals surface area (Å²) < 4.78 is 0. The highest BCUT2D eigenvalue weighted by atomic mass is 14.1. The number of rotatable bonds is 7. The van der Waals surface area contributed by atoms with Crippen molar-refractivity contribution >= 4 is 0 Å². The lowest BCUT2D eigenvalue weighted by molar-refractivity contribution is 0.450. The zero-order chi connectivity index (χ0) is 8.53. The summed E-state index contributed by atoms with van der Waals surface area (Å²) in [5, 5.41) is 0. The van der Waals surface area contributed by atoms with Gasteiger partial charge >= 0.3 is 0 Å². The molecule has 0 fully saturated rings. The summed E-state index contributed by atoms with van der Waals surface area (Å²) in [6.45, 7) is 8.31. The maximum absolute atomic E-state index is 3.78. The van der Waals surface area contributed by atoms with Crippen molar-refractivity contribution in [2.24, 2.45) is 5.92 Å². The van der Waals surface area contributed by atoms with Gasteiger partial charge in [-0.3, -0.25) is 0 Å². The van der Waals surface area contributed by atoms with E-state index in [1.807, 2.05) is 0 Å². The molecule has 0 nitrogen and oxygen atoms in total. The molecule has 0 radical (unpaired) electrons. The zero-order valence-corrected chi connectivity index (χ0v) is 8.10. The second-order valence-corrected chi connectivity index (χ2v) is 3.29. The van der Waals surface area contributed by atoms with Gasteiger partial charge in [-0.15, -0.1) is 6.58 Å². The van der Waals surface area contributed by atoms with Crippen LogP contribution in [0.4, 0.5) is 0 Å². The number of allylic oxidation sites excluding steroid dienone is 1. The van der Waals surface area contributed by atoms with Crippen LogP contribution >= 0.6 is 0 Å². The van der Waals surface area contributed by atoms with E-state index in [0.717, 1.165) is 5.92 Å². The van der Waals surface area contributed by atoms with Crippen molar-refractivity contribution < 1.29 is 0 Å². The molecule has 0 saturated carbocycles. The smallest absolute Gasteiger partial charge is 0.0325 e. The van der Waals surface area contributed by atoms with Crippen molar-refractivity contribution in [3.63, 3.8) is 0 Å². The summed E-state index contributed by atoms with van der Waals surface area (Å²) in [4.78, 5) is 0. The van der Waals surface area contributed by atoms with E-state index in [2.05, 4.69) is 26.5 Å². The van der Waals surface area contributed by atoms with Gasteiger partial charge in [-0.25, -0.2) is 0 Å². The monoisotopic (exact) mass is 154 g/mol. The fraction of sp³-hybridized carbons (Fsp3) is 0.818. The average Bonchev–Trinajstić information content (AvgIpc) is 2.03. The standard InChI is InChI=1S/C11H22/c1-4-7-8-10-11(6-3)9-5-2/h5,11H,2,4,6-10H2,1,3H3. The highest BCUT2D eigenvalue weighted by molar-refractivity contribution is 4.72. The molecule has 0 bridgehead atoms. The number of hydrogen-bond donors (Lipinski definition) is 0. The highest BCUT2D eigenvalue weighted by Gasteiger charge is 2.02. The lowest BCUT2D eigenvalue weighted by Gasteiger charge is -2.10. The third kappa shape index (κ3) is 6.15. The Hall–Kier alpha value is -0.260. The van der Waals surface area contributed by atoms with Gasteiger partial charge in [0.05, 0.1) is 0 Å². The molecule has 1 atom stereocenters. The average molecular weight is 154 g/mol. The second-order valence-electron chi connectivity index (χ2n) is 3.29. The number of hydrogen-bond acceptors (Lipinski definition) is 0. The highest BCUT2D eigenvalue weighted by Crippen LogP contribution is 2.17. The molecule has 66 valence electrons. The van der Waals surface area contributed by atoms with E-state index in [1.165, 1.54) is 38.5 Å². The predicted molar refractivity (Wildman–Crippen MR) is 52.7 cm³/mol. The van der Waals surface area contributed by atoms with Crippen molar-refractivity contribution in [1.29, 1.82) is 0 Å². The molecule has 0 aliphatic rings. The van der Waals surface area contributed by atoms with Crippen LogP contribution in [0.3, 0.4) is 0 Å². The van der Waals surface area contributed by atoms with E-state index in [0.29, 0.717) is 0 Å². The van der Waals surface area contributed by atoms with Crippen LogP contribution in [-0.2, 0) is 0 Å². The van der Waals surface area contributed by atoms with Crippen LogP contribution in [0.15, 0.2) is 12.7 Å². The van der Waals surface area contributed by atoms with Gasteiger partial charge in [0.2, 0.25) is 0 Å². The van der Waals surface area contributed by atoms with Crippen molar-refractivity contribution in [2.45, 2.75) is 52.4 Å². The quantitative estimate of drug-likeness (QED) is 0.381. The SMILES string of the molecule is C=CCC(CC)CCCCC. The third-order valence-corrected chi connectivity index (χ3v) is 2.29. The van der Waals surface area contributed by atoms with E-state index in [9.17, 15) is 0 Å². The molecule has 0 saturated heterocycles. The molecule has 0 aromatic rings. The van der Waals surface area contributed by atoms with Gasteiger partial charge in [0.15, 0.2) is 0 Å². The molecular weight excluding hydrogens is 132 g/mol. The lowest BCUT2D eigenvalue weighted by Crippen LogP contribution is -1.96. The Labute approximate surface area is 71.7 Å². The van der Waals surface area contributed by atoms with Gasteiger partial charge in [0.25, 0.3) is 0 Å². The summed E-state index contributed by atoms with van der Waals surface area (Å²) in [6.07, 6.45) is 10.1. The van der Waals surface area contributed by atoms with Gasteiger partial charge in [0.1, 0.15) is 0 Å². The minimum absolute atomic E-state index is 0.902. The summed E-state index contributed by atoms with van der Waals surface area (Å²) in [5.41, 5.74) is 0. The molecule has 0 rings (SSSR count). The van der Waals surface area contributed by atoms with Crippen LogP contribution in [-0.4, -0.2) is 0 Å². The van der Waals surface area contributed by atoms with Crippen LogP contribution in [0, 0.1) is 5.92 Å². The first-order valence-corrected chi connectivity index (χ1v) is 4.96. The summed E-state index contributed by atoms with van der Waals surface area (Å²) in [6, 6.07) is 0. The van der Waals surface area contributed by atoms with E-state index < -0.39 is 0 Å². The molecular formula is C11H22. The van der Waals surface area contributed by atoms with Crippen molar-refractivity contribution in [2.75, 3.05) is 0 Å². The van der Waals surface area contributed by atoms with E-state index in [-0.39, 0.29) is 0 Å². The van der Waals surface area contributed by atoms with Crippen LogP contribution in [0.1, 0.15) is 52.4 Å². The Bertz CT molecular complexity index is 84.0. The molecule has 1 unspecified atom stereocenters. The Morgan fingerprint density at radius 1 is 1.27 bits per heavy atom. The first-order chi connectivity index (χ1) is 5.35. The van der Waals surface area contributed by atoms with Gasteiger partial charge in [-0.1, -0.05) is 52.0 Å². The van der Waals surface area contributed by atoms with Crippen molar-refractivity contribution in [3.8, 4) is 0 Å². The van der Waals surface area contributed by atoms with Crippen molar-refractivity contribution in [1.82, 2.24) is 0 Å². The first-order valence-electron chi connectivity index (χ1n) is 4.96. The third-order valence-electron chi connectivity index (χ3n) is 2.29. The van der Waals surface area contributed by atoms with E-state index >= 15 is 0 Å². The molecule has 11 heavy (non-hydrogen) atoms. The largest absolute Gasteiger partial charge is 0.103 e. The fourth-order valence-corrected chi connectivity index (χ4v) is 1.41. The molecule has 0 amide bonds. The van der Waals surface area contributed by atoms with Crippen molar-refractivity contribution in [3.05, 3.63) is 12.7 Å². The minimum Gasteiger partial charge on any atom is -0.103 e. The second kappa shape index (κ2) is 7.84. The molecule has 0 aromatic heterocycles. The molecule has 0 aliphatic carbocycles. The summed E-state index contributed by atoms with van der Waals surface area (Å²) in [5.74, 6) is 0.902. The molecule has 0 heterocycles. The van der Waals surface area contributed by atoms with Gasteiger partial charge in [-0.2, -0.15) is 0 Å². The lowest BCUT2D eigenvalue weighted by atomic mass is 9.95. The fourth-order valence-electron chi connectivity index (χ4n) is 1.41. The van der Waals surface area contributed by atoms with Crippen LogP contribution < -0.4 is 0 Å². The van der Waals surface area contributed by atoms with Crippen LogP contribution in [0.25, 0.3) is 0 Å². The molecule has 0 aromatic carbocycles.